The van der Waals surface area contributed by atoms with Crippen molar-refractivity contribution in [2.24, 2.45) is 17.7 Å². The van der Waals surface area contributed by atoms with Crippen molar-refractivity contribution in [3.8, 4) is 0 Å². The molecule has 1 rings (SSSR count). The summed E-state index contributed by atoms with van der Waals surface area (Å²) in [4.78, 5) is 0. The van der Waals surface area contributed by atoms with E-state index in [1.807, 2.05) is 0 Å². The molecule has 0 aliphatic heterocycles. The van der Waals surface area contributed by atoms with Gasteiger partial charge in [0, 0.05) is 12.6 Å². The summed E-state index contributed by atoms with van der Waals surface area (Å²) in [5.41, 5.74) is 2.97. The van der Waals surface area contributed by atoms with E-state index in [0.717, 1.165) is 12.5 Å². The van der Waals surface area contributed by atoms with Crippen molar-refractivity contribution in [2.45, 2.75) is 65.0 Å². The molecule has 1 aliphatic carbocycles. The predicted molar refractivity (Wildman–Crippen MR) is 67.9 cm³/mol. The van der Waals surface area contributed by atoms with E-state index in [1.165, 1.54) is 32.1 Å². The van der Waals surface area contributed by atoms with Gasteiger partial charge in [-0.05, 0) is 25.2 Å². The first-order chi connectivity index (χ1) is 7.69. The molecular formula is C13H28N2O. The second kappa shape index (κ2) is 7.25. The summed E-state index contributed by atoms with van der Waals surface area (Å²) in [5.74, 6) is 7.06. The Bertz CT molecular complexity index is 179. The Morgan fingerprint density at radius 3 is 2.38 bits per heavy atom. The molecule has 0 aromatic heterocycles. The summed E-state index contributed by atoms with van der Waals surface area (Å²) < 4.78 is 5.82. The minimum atomic E-state index is 0.246. The molecule has 3 nitrogen and oxygen atoms in total. The lowest BCUT2D eigenvalue weighted by Gasteiger charge is -2.31. The van der Waals surface area contributed by atoms with Gasteiger partial charge in [-0.25, -0.2) is 0 Å². The van der Waals surface area contributed by atoms with Crippen LogP contribution in [-0.2, 0) is 4.74 Å². The van der Waals surface area contributed by atoms with Gasteiger partial charge in [0.05, 0.1) is 6.10 Å². The number of nitrogens with two attached hydrogens (primary N) is 1. The number of rotatable bonds is 7. The number of nitrogens with one attached hydrogen (secondary N) is 1. The largest absolute Gasteiger partial charge is 0.377 e. The van der Waals surface area contributed by atoms with Crippen LogP contribution >= 0.6 is 0 Å². The summed E-state index contributed by atoms with van der Waals surface area (Å²) in [7, 11) is 0. The lowest BCUT2D eigenvalue weighted by atomic mass is 9.90. The minimum Gasteiger partial charge on any atom is -0.377 e. The molecular weight excluding hydrogens is 200 g/mol. The topological polar surface area (TPSA) is 47.3 Å². The van der Waals surface area contributed by atoms with Crippen LogP contribution in [0.4, 0.5) is 0 Å². The van der Waals surface area contributed by atoms with E-state index >= 15 is 0 Å². The van der Waals surface area contributed by atoms with Gasteiger partial charge in [0.25, 0.3) is 0 Å². The van der Waals surface area contributed by atoms with Crippen molar-refractivity contribution >= 4 is 0 Å². The smallest absolute Gasteiger partial charge is 0.0764 e. The number of hydrogen-bond acceptors (Lipinski definition) is 3. The van der Waals surface area contributed by atoms with Crippen molar-refractivity contribution in [3.63, 3.8) is 0 Å². The number of hydrogen-bond donors (Lipinski definition) is 2. The fourth-order valence-electron chi connectivity index (χ4n) is 2.87. The highest BCUT2D eigenvalue weighted by Gasteiger charge is 2.28. The highest BCUT2D eigenvalue weighted by atomic mass is 16.5. The minimum absolute atomic E-state index is 0.246. The molecule has 0 radical (unpaired) electrons. The molecule has 3 heteroatoms. The quantitative estimate of drug-likeness (QED) is 0.520. The molecule has 0 aromatic carbocycles. The average Bonchev–Trinajstić information content (AvgIpc) is 2.75. The van der Waals surface area contributed by atoms with Gasteiger partial charge in [-0.3, -0.25) is 11.3 Å². The molecule has 0 spiro atoms. The molecule has 3 N–H and O–H groups in total. The molecule has 0 saturated heterocycles. The Labute approximate surface area is 100 Å². The van der Waals surface area contributed by atoms with Gasteiger partial charge in [-0.15, -0.1) is 0 Å². The predicted octanol–water partition coefficient (Wildman–Crippen LogP) is 2.46. The fraction of sp³-hybridized carbons (Fsp3) is 1.00. The van der Waals surface area contributed by atoms with Gasteiger partial charge in [0.15, 0.2) is 0 Å². The van der Waals surface area contributed by atoms with Crippen molar-refractivity contribution in [1.82, 2.24) is 5.43 Å². The molecule has 1 saturated carbocycles. The number of hydrazine groups is 1. The zero-order valence-corrected chi connectivity index (χ0v) is 11.0. The van der Waals surface area contributed by atoms with Crippen LogP contribution in [0.5, 0.6) is 0 Å². The monoisotopic (exact) mass is 228 g/mol. The summed E-state index contributed by atoms with van der Waals surface area (Å²) in [5, 5.41) is 0. The summed E-state index contributed by atoms with van der Waals surface area (Å²) in [6, 6.07) is 0.308. The Morgan fingerprint density at radius 2 is 1.94 bits per heavy atom. The van der Waals surface area contributed by atoms with Crippen LogP contribution in [0.15, 0.2) is 0 Å². The summed E-state index contributed by atoms with van der Waals surface area (Å²) in [6.07, 6.45) is 6.94. The zero-order valence-electron chi connectivity index (χ0n) is 11.0. The third kappa shape index (κ3) is 4.04. The second-order valence-electron chi connectivity index (χ2n) is 5.32. The Kier molecular flexibility index (Phi) is 6.32. The Balaban J connectivity index is 2.47. The van der Waals surface area contributed by atoms with Crippen LogP contribution in [0.2, 0.25) is 0 Å². The maximum atomic E-state index is 5.82. The molecule has 2 atom stereocenters. The lowest BCUT2D eigenvalue weighted by molar-refractivity contribution is -0.00227. The molecule has 0 bridgehead atoms. The van der Waals surface area contributed by atoms with Gasteiger partial charge in [0.1, 0.15) is 0 Å². The molecule has 96 valence electrons. The maximum Gasteiger partial charge on any atom is 0.0764 e. The molecule has 0 heterocycles. The van der Waals surface area contributed by atoms with Crippen LogP contribution in [0, 0.1) is 11.8 Å². The summed E-state index contributed by atoms with van der Waals surface area (Å²) >= 11 is 0. The Hall–Kier alpha value is -0.120. The van der Waals surface area contributed by atoms with Crippen molar-refractivity contribution in [2.75, 3.05) is 6.61 Å². The third-order valence-corrected chi connectivity index (χ3v) is 3.69. The highest BCUT2D eigenvalue weighted by molar-refractivity contribution is 4.82. The average molecular weight is 228 g/mol. The van der Waals surface area contributed by atoms with E-state index in [4.69, 9.17) is 10.6 Å². The molecule has 0 aromatic rings. The van der Waals surface area contributed by atoms with E-state index < -0.39 is 0 Å². The van der Waals surface area contributed by atoms with Crippen LogP contribution < -0.4 is 11.3 Å². The van der Waals surface area contributed by atoms with E-state index in [2.05, 4.69) is 26.2 Å². The second-order valence-corrected chi connectivity index (χ2v) is 5.32. The van der Waals surface area contributed by atoms with Crippen molar-refractivity contribution in [3.05, 3.63) is 0 Å². The first kappa shape index (κ1) is 13.9. The van der Waals surface area contributed by atoms with E-state index in [-0.39, 0.29) is 6.10 Å². The fourth-order valence-corrected chi connectivity index (χ4v) is 2.87. The first-order valence-corrected chi connectivity index (χ1v) is 6.76. The maximum absolute atomic E-state index is 5.82. The van der Waals surface area contributed by atoms with E-state index in [9.17, 15) is 0 Å². The summed E-state index contributed by atoms with van der Waals surface area (Å²) in [6.45, 7) is 7.24. The molecule has 2 unspecified atom stereocenters. The molecule has 1 aliphatic rings. The van der Waals surface area contributed by atoms with Gasteiger partial charge >= 0.3 is 0 Å². The van der Waals surface area contributed by atoms with E-state index in [1.54, 1.807) is 0 Å². The third-order valence-electron chi connectivity index (χ3n) is 3.69. The van der Waals surface area contributed by atoms with Gasteiger partial charge < -0.3 is 4.74 Å². The van der Waals surface area contributed by atoms with Gasteiger partial charge in [-0.1, -0.05) is 39.5 Å². The van der Waals surface area contributed by atoms with Crippen LogP contribution in [0.25, 0.3) is 0 Å². The molecule has 1 fully saturated rings. The lowest BCUT2D eigenvalue weighted by Crippen LogP contribution is -2.48. The standard InChI is InChI=1S/C13H28N2O/c1-4-16-13(10(2)3)12(15-14)9-11-7-5-6-8-11/h10-13,15H,4-9,14H2,1-3H3. The van der Waals surface area contributed by atoms with Gasteiger partial charge in [0.2, 0.25) is 0 Å². The van der Waals surface area contributed by atoms with E-state index in [0.29, 0.717) is 12.0 Å². The zero-order chi connectivity index (χ0) is 12.0. The first-order valence-electron chi connectivity index (χ1n) is 6.76. The molecule has 0 amide bonds. The van der Waals surface area contributed by atoms with Crippen LogP contribution in [-0.4, -0.2) is 18.8 Å². The SMILES string of the molecule is CCOC(C(C)C)C(CC1CCCC1)NN. The highest BCUT2D eigenvalue weighted by Crippen LogP contribution is 2.30. The molecule has 16 heavy (non-hydrogen) atoms. The number of ether oxygens (including phenoxy) is 1. The van der Waals surface area contributed by atoms with Crippen LogP contribution in [0.3, 0.4) is 0 Å². The normalized spacial score (nSPS) is 21.6. The van der Waals surface area contributed by atoms with Crippen LogP contribution in [0.1, 0.15) is 52.9 Å². The Morgan fingerprint density at radius 1 is 1.31 bits per heavy atom. The van der Waals surface area contributed by atoms with Gasteiger partial charge in [-0.2, -0.15) is 0 Å². The van der Waals surface area contributed by atoms with Crippen molar-refractivity contribution in [1.29, 1.82) is 0 Å². The van der Waals surface area contributed by atoms with Crippen molar-refractivity contribution < 1.29 is 4.74 Å².